The molecule has 0 aliphatic carbocycles. The minimum Gasteiger partial charge on any atom is -0.726 e. The molecule has 20 nitrogen and oxygen atoms in total. The van der Waals surface area contributed by atoms with Gasteiger partial charge >= 0.3 is 88.7 Å². The standard InChI is InChI=1S/C18H29NO19S3.3Na/c20-10(6-19-9-4-2-1-3-5-9)13(22)14(23)11(21)7-34-18-17(38-41(31,32)33)15(24)16(37-40(28,29)30)12(36-18)8-35-39(25,26)27;;;/h1-5,10-24H,6-8H2,(H,25,26,27)(H,28,29,30)(H,31,32,33);;;/q;3*+1/p-3/t10-,11+,12-,13+,14+,15-,16+,17+,18+;;;/m0.../s1. The SMILES string of the molecule is O=S(=O)([O-])OC[C@@H]1O[C@@H](OC[C@@H](O)[C@@H](O)[C@H](O)[C@@H](O)CNc2ccccc2)[C@H](OS(=O)(=O)[O-])[C@@H](O)[C@@H]1OS(=O)(=O)[O-].[Na+].[Na+].[Na+]. The van der Waals surface area contributed by atoms with Gasteiger partial charge in [0.1, 0.15) is 36.6 Å². The molecule has 44 heavy (non-hydrogen) atoms. The number of hydrogen-bond acceptors (Lipinski definition) is 20. The minimum atomic E-state index is -5.74. The molecule has 0 spiro atoms. The Morgan fingerprint density at radius 3 is 1.80 bits per heavy atom. The minimum absolute atomic E-state index is 0. The quantitative estimate of drug-likeness (QED) is 0.0523. The van der Waals surface area contributed by atoms with Crippen LogP contribution < -0.4 is 94.0 Å². The first-order valence-electron chi connectivity index (χ1n) is 11.1. The fourth-order valence-corrected chi connectivity index (χ4v) is 4.74. The second kappa shape index (κ2) is 20.8. The van der Waals surface area contributed by atoms with E-state index in [1.807, 2.05) is 0 Å². The predicted molar refractivity (Wildman–Crippen MR) is 124 cm³/mol. The second-order valence-corrected chi connectivity index (χ2v) is 11.4. The Balaban J connectivity index is 0. The summed E-state index contributed by atoms with van der Waals surface area (Å²) in [5.74, 6) is 0. The molecule has 1 fully saturated rings. The summed E-state index contributed by atoms with van der Waals surface area (Å²) in [4.78, 5) is 0. The summed E-state index contributed by atoms with van der Waals surface area (Å²) in [6.07, 6.45) is -20.2. The second-order valence-electron chi connectivity index (χ2n) is 8.36. The normalized spacial score (nSPS) is 25.2. The fourth-order valence-electron chi connectivity index (χ4n) is 3.45. The zero-order valence-corrected chi connectivity index (χ0v) is 31.8. The van der Waals surface area contributed by atoms with Crippen LogP contribution in [0, 0.1) is 0 Å². The third-order valence-corrected chi connectivity index (χ3v) is 6.65. The number of hydrogen-bond donors (Lipinski definition) is 6. The monoisotopic (exact) mass is 725 g/mol. The molecule has 1 aliphatic rings. The maximum absolute atomic E-state index is 11.2. The van der Waals surface area contributed by atoms with Crippen molar-refractivity contribution in [2.75, 3.05) is 25.1 Å². The Bertz CT molecular complexity index is 1290. The van der Waals surface area contributed by atoms with E-state index in [-0.39, 0.29) is 95.2 Å². The number of benzene rings is 1. The number of aliphatic hydroxyl groups excluding tert-OH is 5. The van der Waals surface area contributed by atoms with Gasteiger partial charge in [0, 0.05) is 12.2 Å². The van der Waals surface area contributed by atoms with Crippen molar-refractivity contribution in [1.82, 2.24) is 0 Å². The zero-order valence-electron chi connectivity index (χ0n) is 23.4. The summed E-state index contributed by atoms with van der Waals surface area (Å²) in [5, 5.41) is 53.9. The number of para-hydroxylation sites is 1. The summed E-state index contributed by atoms with van der Waals surface area (Å²) in [7, 11) is -17.0. The van der Waals surface area contributed by atoms with Crippen molar-refractivity contribution in [2.24, 2.45) is 0 Å². The molecule has 0 aromatic heterocycles. The van der Waals surface area contributed by atoms with Crippen molar-refractivity contribution in [3.05, 3.63) is 30.3 Å². The first kappa shape index (κ1) is 47.5. The van der Waals surface area contributed by atoms with Crippen LogP contribution in [-0.4, -0.2) is 139 Å². The van der Waals surface area contributed by atoms with Crippen LogP contribution in [0.4, 0.5) is 5.69 Å². The molecule has 1 aliphatic heterocycles. The van der Waals surface area contributed by atoms with Gasteiger partial charge in [0.15, 0.2) is 12.4 Å². The number of ether oxygens (including phenoxy) is 2. The third kappa shape index (κ3) is 17.1. The molecule has 238 valence electrons. The fraction of sp³-hybridized carbons (Fsp3) is 0.667. The van der Waals surface area contributed by atoms with E-state index in [0.717, 1.165) is 0 Å². The maximum Gasteiger partial charge on any atom is 1.00 e. The van der Waals surface area contributed by atoms with Crippen LogP contribution in [-0.2, 0) is 53.2 Å². The summed E-state index contributed by atoms with van der Waals surface area (Å²) in [5.41, 5.74) is 0.542. The van der Waals surface area contributed by atoms with Crippen molar-refractivity contribution < 1.29 is 175 Å². The topological polar surface area (TPSA) is 331 Å². The maximum atomic E-state index is 11.2. The van der Waals surface area contributed by atoms with Crippen molar-refractivity contribution in [2.45, 2.75) is 55.1 Å². The summed E-state index contributed by atoms with van der Waals surface area (Å²) in [6, 6.07) is 8.32. The van der Waals surface area contributed by atoms with E-state index in [1.54, 1.807) is 30.3 Å². The van der Waals surface area contributed by atoms with Gasteiger partial charge < -0.3 is 54.0 Å². The number of aliphatic hydroxyl groups is 5. The van der Waals surface area contributed by atoms with E-state index in [2.05, 4.69) is 17.9 Å². The molecule has 0 saturated carbocycles. The molecule has 1 heterocycles. The van der Waals surface area contributed by atoms with Gasteiger partial charge in [-0.1, -0.05) is 18.2 Å². The Kier molecular flexibility index (Phi) is 22.4. The Morgan fingerprint density at radius 1 is 0.795 bits per heavy atom. The average Bonchev–Trinajstić information content (AvgIpc) is 2.85. The van der Waals surface area contributed by atoms with E-state index in [4.69, 9.17) is 9.47 Å². The van der Waals surface area contributed by atoms with Crippen molar-refractivity contribution in [3.63, 3.8) is 0 Å². The van der Waals surface area contributed by atoms with E-state index in [9.17, 15) is 64.4 Å². The van der Waals surface area contributed by atoms with E-state index >= 15 is 0 Å². The molecule has 1 aromatic carbocycles. The third-order valence-electron chi connectivity index (χ3n) is 5.31. The first-order chi connectivity index (χ1) is 18.8. The van der Waals surface area contributed by atoms with Crippen LogP contribution in [0.15, 0.2) is 30.3 Å². The van der Waals surface area contributed by atoms with Crippen molar-refractivity contribution in [1.29, 1.82) is 0 Å². The van der Waals surface area contributed by atoms with Gasteiger partial charge in [-0.2, -0.15) is 0 Å². The van der Waals surface area contributed by atoms with Gasteiger partial charge in [-0.3, -0.25) is 12.5 Å². The Morgan fingerprint density at radius 2 is 1.30 bits per heavy atom. The van der Waals surface area contributed by atoms with Crippen LogP contribution in [0.2, 0.25) is 0 Å². The molecule has 0 unspecified atom stereocenters. The molecule has 1 saturated heterocycles. The predicted octanol–water partition coefficient (Wildman–Crippen LogP) is -14.2. The van der Waals surface area contributed by atoms with Crippen LogP contribution >= 0.6 is 0 Å². The van der Waals surface area contributed by atoms with Crippen LogP contribution in [0.3, 0.4) is 0 Å². The van der Waals surface area contributed by atoms with Crippen molar-refractivity contribution in [3.8, 4) is 0 Å². The smallest absolute Gasteiger partial charge is 0.726 e. The van der Waals surface area contributed by atoms with Crippen molar-refractivity contribution >= 4 is 36.9 Å². The molecular weight excluding hydrogens is 699 g/mol. The summed E-state index contributed by atoms with van der Waals surface area (Å²) in [6.45, 7) is -2.88. The molecule has 2 rings (SSSR count). The molecule has 0 radical (unpaired) electrons. The molecule has 26 heteroatoms. The Labute approximate surface area is 319 Å². The van der Waals surface area contributed by atoms with Gasteiger partial charge in [0.25, 0.3) is 0 Å². The molecular formula is C18H26NNa3O19S3. The van der Waals surface area contributed by atoms with Gasteiger partial charge in [-0.25, -0.2) is 25.3 Å². The molecule has 0 amide bonds. The number of anilines is 1. The van der Waals surface area contributed by atoms with E-state index in [1.165, 1.54) is 0 Å². The van der Waals surface area contributed by atoms with E-state index < -0.39 is 99.5 Å². The number of rotatable bonds is 16. The van der Waals surface area contributed by atoms with Crippen LogP contribution in [0.25, 0.3) is 0 Å². The molecule has 1 aromatic rings. The van der Waals surface area contributed by atoms with E-state index in [0.29, 0.717) is 5.69 Å². The first-order valence-corrected chi connectivity index (χ1v) is 15.1. The summed E-state index contributed by atoms with van der Waals surface area (Å²) < 4.78 is 121. The van der Waals surface area contributed by atoms with Crippen LogP contribution in [0.1, 0.15) is 0 Å². The molecule has 9 atom stereocenters. The molecule has 0 bridgehead atoms. The number of nitrogens with one attached hydrogen (secondary N) is 1. The van der Waals surface area contributed by atoms with Crippen LogP contribution in [0.5, 0.6) is 0 Å². The summed E-state index contributed by atoms with van der Waals surface area (Å²) >= 11 is 0. The largest absolute Gasteiger partial charge is 1.00 e. The van der Waals surface area contributed by atoms with Gasteiger partial charge in [-0.05, 0) is 12.1 Å². The van der Waals surface area contributed by atoms with Gasteiger partial charge in [0.05, 0.1) is 19.3 Å². The Hall–Kier alpha value is 1.35. The average molecular weight is 726 g/mol. The van der Waals surface area contributed by atoms with Gasteiger partial charge in [-0.15, -0.1) is 0 Å². The molecule has 6 N–H and O–H groups in total. The zero-order chi connectivity index (χ0) is 31.2. The van der Waals surface area contributed by atoms with Gasteiger partial charge in [0.2, 0.25) is 31.2 Å².